The molecule has 0 aromatic carbocycles. The van der Waals surface area contributed by atoms with Gasteiger partial charge in [-0.15, -0.1) is 0 Å². The zero-order chi connectivity index (χ0) is 67.8. The van der Waals surface area contributed by atoms with Crippen LogP contribution in [0.1, 0.15) is 239 Å². The number of aliphatic hydroxyl groups excluding tert-OH is 8. The van der Waals surface area contributed by atoms with Crippen LogP contribution in [0.4, 0.5) is 0 Å². The Hall–Kier alpha value is -2.83. The average molecular weight is 1330 g/mol. The molecule has 0 aromatic heterocycles. The third kappa shape index (κ3) is 30.9. The van der Waals surface area contributed by atoms with Crippen molar-refractivity contribution in [1.29, 1.82) is 0 Å². The van der Waals surface area contributed by atoms with E-state index in [-0.39, 0.29) is 49.9 Å². The van der Waals surface area contributed by atoms with Crippen molar-refractivity contribution in [3.8, 4) is 0 Å². The van der Waals surface area contributed by atoms with Crippen LogP contribution in [-0.4, -0.2) is 219 Å². The molecule has 19 atom stereocenters. The molecule has 0 bridgehead atoms. The minimum absolute atomic E-state index is 0.0254. The second-order valence-corrected chi connectivity index (χ2v) is 26.7. The number of unbranched alkanes of at least 4 members (excludes halogenated alkanes) is 26. The number of hydrogen-bond donors (Lipinski definition) is 14. The van der Waals surface area contributed by atoms with Gasteiger partial charge in [0.1, 0.15) is 67.1 Å². The SMILES string of the molecule is CCCCCCCC/C=C\CCCCCCCCN(CCCCCCCC/C=C\CCCCCCCC)C(=O)CCC(=O)NCCCCCC(=O)NCC1O[C@H](O[C@@H]2C(O)[C@H](O[C@@H]3C(O)[C@H](N)CC(N)[C@@H]3O[C@@H]3OC(CO)[C@H](O)[C@H](O)C3N)O[C@@H]2CO)[C@H](N)C(O)[C@@H]1O. The molecule has 3 amide bonds. The van der Waals surface area contributed by atoms with Crippen molar-refractivity contribution < 1.29 is 83.7 Å². The number of carbonyl (C=O) groups is 3. The Bertz CT molecular complexity index is 1980. The molecule has 542 valence electrons. The van der Waals surface area contributed by atoms with Crippen LogP contribution < -0.4 is 33.6 Å². The number of allylic oxidation sites excluding steroid dienone is 4. The number of nitrogens with zero attached hydrogens (tertiary/aromatic N) is 1. The van der Waals surface area contributed by atoms with E-state index in [0.29, 0.717) is 25.8 Å². The average Bonchev–Trinajstić information content (AvgIpc) is 1.79. The fourth-order valence-electron chi connectivity index (χ4n) is 12.7. The molecule has 24 nitrogen and oxygen atoms in total. The van der Waals surface area contributed by atoms with E-state index < -0.39 is 129 Å². The molecule has 4 rings (SSSR count). The zero-order valence-electron chi connectivity index (χ0n) is 56.8. The van der Waals surface area contributed by atoms with Crippen molar-refractivity contribution >= 4 is 17.7 Å². The van der Waals surface area contributed by atoms with E-state index in [4.69, 9.17) is 51.4 Å². The van der Waals surface area contributed by atoms with Crippen molar-refractivity contribution in [3.63, 3.8) is 0 Å². The molecular weight excluding hydrogens is 1200 g/mol. The molecule has 1 aliphatic carbocycles. The van der Waals surface area contributed by atoms with Crippen LogP contribution in [-0.2, 0) is 42.8 Å². The number of ether oxygens (including phenoxy) is 6. The van der Waals surface area contributed by atoms with E-state index in [1.54, 1.807) is 0 Å². The summed E-state index contributed by atoms with van der Waals surface area (Å²) in [7, 11) is 0. The van der Waals surface area contributed by atoms with Crippen molar-refractivity contribution in [2.75, 3.05) is 39.4 Å². The van der Waals surface area contributed by atoms with Gasteiger partial charge in [-0.1, -0.05) is 160 Å². The largest absolute Gasteiger partial charge is 0.394 e. The summed E-state index contributed by atoms with van der Waals surface area (Å²) in [6.45, 7) is 4.68. The van der Waals surface area contributed by atoms with Gasteiger partial charge in [0.25, 0.3) is 0 Å². The van der Waals surface area contributed by atoms with E-state index in [0.717, 1.165) is 64.5 Å². The van der Waals surface area contributed by atoms with Crippen LogP contribution in [0.15, 0.2) is 24.3 Å². The number of nitrogens with one attached hydrogen (secondary N) is 2. The highest BCUT2D eigenvalue weighted by atomic mass is 16.8. The van der Waals surface area contributed by atoms with Gasteiger partial charge in [0, 0.05) is 57.5 Å². The van der Waals surface area contributed by atoms with Crippen LogP contribution in [0, 0.1) is 0 Å². The lowest BCUT2D eigenvalue weighted by atomic mass is 9.84. The Morgan fingerprint density at radius 1 is 0.430 bits per heavy atom. The molecule has 7 unspecified atom stereocenters. The van der Waals surface area contributed by atoms with Gasteiger partial charge in [0.15, 0.2) is 18.9 Å². The maximum atomic E-state index is 13.6. The quantitative estimate of drug-likeness (QED) is 0.0291. The molecule has 4 fully saturated rings. The molecule has 4 aliphatic rings. The van der Waals surface area contributed by atoms with Gasteiger partial charge in [0.2, 0.25) is 17.7 Å². The first-order valence-electron chi connectivity index (χ1n) is 36.3. The Kier molecular flexibility index (Phi) is 43.4. The van der Waals surface area contributed by atoms with Gasteiger partial charge in [-0.3, -0.25) is 14.4 Å². The summed E-state index contributed by atoms with van der Waals surface area (Å²) in [5.74, 6) is -0.518. The summed E-state index contributed by atoms with van der Waals surface area (Å²) in [4.78, 5) is 41.5. The van der Waals surface area contributed by atoms with Crippen LogP contribution in [0.3, 0.4) is 0 Å². The highest BCUT2D eigenvalue weighted by Crippen LogP contribution is 2.35. The first-order valence-corrected chi connectivity index (χ1v) is 36.3. The van der Waals surface area contributed by atoms with E-state index in [9.17, 15) is 55.2 Å². The standard InChI is InChI=1S/C69H129N7O17/c1-3-5-7-9-11-13-15-17-19-21-23-25-27-29-31-36-42-76(43-37-32-30-28-26-24-22-20-18-16-14-12-10-8-6-4-2)55(81)40-39-54(80)74-41-35-33-34-38-53(79)75-45-50-59(83)61(85)56(72)67(88-50)92-65-52(47-78)90-69(63(65)87)93-66-58(82)48(70)44-49(71)64(66)91-68-57(73)62(86)60(84)51(46-77)89-68/h17-20,48-52,56-69,77-78,82-87H,3-16,21-47,70-73H2,1-2H3,(H,74,80)(H,75,79)/b19-17-,20-18-/t48-,49?,50?,51?,52-,56-,57?,58?,59-,60+,61?,62-,63?,64+,65+,66-,67-,68+,69+/m1/s1. The molecule has 3 aliphatic heterocycles. The van der Waals surface area contributed by atoms with Crippen molar-refractivity contribution in [3.05, 3.63) is 24.3 Å². The van der Waals surface area contributed by atoms with Crippen LogP contribution >= 0.6 is 0 Å². The first kappa shape index (κ1) is 82.6. The number of rotatable bonds is 51. The molecule has 0 aromatic rings. The summed E-state index contributed by atoms with van der Waals surface area (Å²) in [5.41, 5.74) is 25.0. The van der Waals surface area contributed by atoms with Gasteiger partial charge in [-0.05, 0) is 83.5 Å². The number of nitrogens with two attached hydrogens (primary N) is 4. The molecular formula is C69H129N7O17. The molecule has 3 saturated heterocycles. The zero-order valence-corrected chi connectivity index (χ0v) is 56.8. The second kappa shape index (κ2) is 48.8. The van der Waals surface area contributed by atoms with E-state index in [1.807, 2.05) is 4.90 Å². The summed E-state index contributed by atoms with van der Waals surface area (Å²) >= 11 is 0. The lowest BCUT2D eigenvalue weighted by molar-refractivity contribution is -0.310. The molecule has 0 radical (unpaired) electrons. The Labute approximate surface area is 556 Å². The van der Waals surface area contributed by atoms with Crippen LogP contribution in [0.5, 0.6) is 0 Å². The number of carbonyl (C=O) groups excluding carboxylic acids is 3. The van der Waals surface area contributed by atoms with Crippen molar-refractivity contribution in [1.82, 2.24) is 15.5 Å². The Balaban J connectivity index is 1.15. The van der Waals surface area contributed by atoms with Gasteiger partial charge >= 0.3 is 0 Å². The third-order valence-electron chi connectivity index (χ3n) is 18.8. The Morgan fingerprint density at radius 2 is 0.849 bits per heavy atom. The van der Waals surface area contributed by atoms with E-state index in [1.165, 1.54) is 128 Å². The lowest BCUT2D eigenvalue weighted by Gasteiger charge is -2.47. The third-order valence-corrected chi connectivity index (χ3v) is 18.8. The highest BCUT2D eigenvalue weighted by Gasteiger charge is 2.54. The molecule has 0 spiro atoms. The van der Waals surface area contributed by atoms with Crippen molar-refractivity contribution in [2.45, 2.75) is 355 Å². The molecule has 18 N–H and O–H groups in total. The summed E-state index contributed by atoms with van der Waals surface area (Å²) < 4.78 is 35.6. The topological polar surface area (TPSA) is 400 Å². The normalized spacial score (nSPS) is 30.8. The summed E-state index contributed by atoms with van der Waals surface area (Å²) in [6.07, 6.45) is 24.0. The number of hydrogen-bond acceptors (Lipinski definition) is 21. The minimum Gasteiger partial charge on any atom is -0.394 e. The van der Waals surface area contributed by atoms with Crippen LogP contribution in [0.2, 0.25) is 0 Å². The van der Waals surface area contributed by atoms with Gasteiger partial charge in [-0.25, -0.2) is 0 Å². The van der Waals surface area contributed by atoms with E-state index in [2.05, 4.69) is 48.8 Å². The number of aliphatic hydroxyl groups is 8. The fourth-order valence-corrected chi connectivity index (χ4v) is 12.7. The van der Waals surface area contributed by atoms with Crippen molar-refractivity contribution in [2.24, 2.45) is 22.9 Å². The van der Waals surface area contributed by atoms with Crippen LogP contribution in [0.25, 0.3) is 0 Å². The minimum atomic E-state index is -1.72. The predicted octanol–water partition coefficient (Wildman–Crippen LogP) is 4.66. The molecule has 93 heavy (non-hydrogen) atoms. The highest BCUT2D eigenvalue weighted by molar-refractivity contribution is 5.83. The first-order chi connectivity index (χ1) is 45.0. The Morgan fingerprint density at radius 3 is 1.35 bits per heavy atom. The fraction of sp³-hybridized carbons (Fsp3) is 0.899. The predicted molar refractivity (Wildman–Crippen MR) is 357 cm³/mol. The summed E-state index contributed by atoms with van der Waals surface area (Å²) in [5, 5.41) is 91.2. The second-order valence-electron chi connectivity index (χ2n) is 26.7. The molecule has 1 saturated carbocycles. The number of amides is 3. The molecule has 24 heteroatoms. The molecule has 3 heterocycles. The lowest BCUT2D eigenvalue weighted by Crippen LogP contribution is -2.68. The van der Waals surface area contributed by atoms with Gasteiger partial charge < -0.3 is 108 Å². The van der Waals surface area contributed by atoms with E-state index >= 15 is 0 Å². The summed E-state index contributed by atoms with van der Waals surface area (Å²) in [6, 6.07) is -4.59. The smallest absolute Gasteiger partial charge is 0.223 e. The maximum Gasteiger partial charge on any atom is 0.223 e. The maximum absolute atomic E-state index is 13.6. The van der Waals surface area contributed by atoms with Gasteiger partial charge in [0.05, 0.1) is 31.4 Å². The monoisotopic (exact) mass is 1330 g/mol. The van der Waals surface area contributed by atoms with Gasteiger partial charge in [-0.2, -0.15) is 0 Å².